The van der Waals surface area contributed by atoms with E-state index in [0.717, 1.165) is 16.9 Å². The van der Waals surface area contributed by atoms with Gasteiger partial charge in [0.05, 0.1) is 21.8 Å². The summed E-state index contributed by atoms with van der Waals surface area (Å²) in [6, 6.07) is 9.73. The Morgan fingerprint density at radius 1 is 1.22 bits per heavy atom. The second-order valence-corrected chi connectivity index (χ2v) is 6.03. The van der Waals surface area contributed by atoms with E-state index in [1.807, 2.05) is 37.4 Å². The lowest BCUT2D eigenvalue weighted by atomic mass is 10.0. The minimum Gasteiger partial charge on any atom is -0.496 e. The highest BCUT2D eigenvalue weighted by atomic mass is 35.5. The number of hydrogen-bond donors (Lipinski definition) is 1. The molecule has 1 atom stereocenters. The van der Waals surface area contributed by atoms with Crippen LogP contribution in [-0.2, 0) is 0 Å². The van der Waals surface area contributed by atoms with Gasteiger partial charge in [-0.25, -0.2) is 0 Å². The van der Waals surface area contributed by atoms with Crippen LogP contribution in [0.5, 0.6) is 5.75 Å². The quantitative estimate of drug-likeness (QED) is 0.905. The number of ether oxygens (including phenoxy) is 1. The van der Waals surface area contributed by atoms with Gasteiger partial charge in [0, 0.05) is 11.1 Å². The molecule has 2 aromatic rings. The van der Waals surface area contributed by atoms with Crippen LogP contribution < -0.4 is 10.1 Å². The molecule has 5 heteroatoms. The van der Waals surface area contributed by atoms with Crippen LogP contribution >= 0.6 is 34.5 Å². The van der Waals surface area contributed by atoms with Crippen molar-refractivity contribution in [1.82, 2.24) is 5.32 Å². The highest BCUT2D eigenvalue weighted by Gasteiger charge is 2.20. The fourth-order valence-corrected chi connectivity index (χ4v) is 3.47. The fourth-order valence-electron chi connectivity index (χ4n) is 1.93. The van der Waals surface area contributed by atoms with Crippen LogP contribution in [0.15, 0.2) is 30.3 Å². The molecule has 1 heterocycles. The van der Waals surface area contributed by atoms with Crippen molar-refractivity contribution in [3.63, 3.8) is 0 Å². The van der Waals surface area contributed by atoms with E-state index in [1.165, 1.54) is 11.3 Å². The van der Waals surface area contributed by atoms with Gasteiger partial charge in [0.2, 0.25) is 0 Å². The first-order valence-electron chi connectivity index (χ1n) is 5.42. The number of para-hydroxylation sites is 1. The summed E-state index contributed by atoms with van der Waals surface area (Å²) < 4.78 is 6.77. The third-order valence-corrected chi connectivity index (χ3v) is 4.25. The molecule has 0 fully saturated rings. The van der Waals surface area contributed by atoms with Crippen molar-refractivity contribution in [1.29, 1.82) is 0 Å². The van der Waals surface area contributed by atoms with Crippen LogP contribution in [0.25, 0.3) is 0 Å². The van der Waals surface area contributed by atoms with Crippen molar-refractivity contribution in [2.24, 2.45) is 0 Å². The molecular formula is C13H13Cl2NOS. The molecule has 0 radical (unpaired) electrons. The zero-order valence-electron chi connectivity index (χ0n) is 10.0. The van der Waals surface area contributed by atoms with Crippen LogP contribution in [0.1, 0.15) is 17.2 Å². The first kappa shape index (κ1) is 13.7. The van der Waals surface area contributed by atoms with Crippen molar-refractivity contribution in [3.05, 3.63) is 50.1 Å². The Balaban J connectivity index is 2.48. The number of methoxy groups -OCH3 is 1. The zero-order valence-corrected chi connectivity index (χ0v) is 12.4. The molecule has 0 spiro atoms. The highest BCUT2D eigenvalue weighted by Crippen LogP contribution is 2.39. The second kappa shape index (κ2) is 5.93. The molecule has 2 nitrogen and oxygen atoms in total. The normalized spacial score (nSPS) is 12.4. The van der Waals surface area contributed by atoms with Crippen LogP contribution in [0.4, 0.5) is 0 Å². The van der Waals surface area contributed by atoms with Crippen LogP contribution in [-0.4, -0.2) is 14.2 Å². The lowest BCUT2D eigenvalue weighted by molar-refractivity contribution is 0.405. The number of thiophene rings is 1. The molecule has 0 aliphatic heterocycles. The summed E-state index contributed by atoms with van der Waals surface area (Å²) in [5, 5.41) is 3.25. The SMILES string of the molecule is CNC(c1ccccc1OC)c1cc(Cl)sc1Cl. The molecule has 0 aliphatic rings. The third-order valence-electron chi connectivity index (χ3n) is 2.73. The van der Waals surface area contributed by atoms with Crippen molar-refractivity contribution in [3.8, 4) is 5.75 Å². The molecule has 18 heavy (non-hydrogen) atoms. The fraction of sp³-hybridized carbons (Fsp3) is 0.231. The van der Waals surface area contributed by atoms with Gasteiger partial charge in [0.25, 0.3) is 0 Å². The number of benzene rings is 1. The lowest BCUT2D eigenvalue weighted by Gasteiger charge is -2.19. The molecule has 1 unspecified atom stereocenters. The maximum Gasteiger partial charge on any atom is 0.123 e. The largest absolute Gasteiger partial charge is 0.496 e. The molecular weight excluding hydrogens is 289 g/mol. The molecule has 0 amide bonds. The van der Waals surface area contributed by atoms with Gasteiger partial charge >= 0.3 is 0 Å². The number of halogens is 2. The first-order chi connectivity index (χ1) is 8.67. The average molecular weight is 302 g/mol. The first-order valence-corrected chi connectivity index (χ1v) is 6.99. The molecule has 0 saturated heterocycles. The van der Waals surface area contributed by atoms with E-state index in [2.05, 4.69) is 5.32 Å². The van der Waals surface area contributed by atoms with E-state index in [-0.39, 0.29) is 6.04 Å². The smallest absolute Gasteiger partial charge is 0.123 e. The third kappa shape index (κ3) is 2.64. The number of rotatable bonds is 4. The minimum absolute atomic E-state index is 0.0302. The summed E-state index contributed by atoms with van der Waals surface area (Å²) in [6.45, 7) is 0. The minimum atomic E-state index is -0.0302. The maximum atomic E-state index is 6.22. The van der Waals surface area contributed by atoms with E-state index in [9.17, 15) is 0 Å². The van der Waals surface area contributed by atoms with Gasteiger partial charge in [-0.3, -0.25) is 0 Å². The standard InChI is InChI=1S/C13H13Cl2NOS/c1-16-12(9-7-11(14)18-13(9)15)8-5-3-4-6-10(8)17-2/h3-7,12,16H,1-2H3. The van der Waals surface area contributed by atoms with Crippen molar-refractivity contribution in [2.45, 2.75) is 6.04 Å². The van der Waals surface area contributed by atoms with Crippen LogP contribution in [0, 0.1) is 0 Å². The molecule has 0 aliphatic carbocycles. The van der Waals surface area contributed by atoms with Crippen molar-refractivity contribution >= 4 is 34.5 Å². The predicted molar refractivity (Wildman–Crippen MR) is 78.2 cm³/mol. The van der Waals surface area contributed by atoms with Gasteiger partial charge in [0.1, 0.15) is 5.75 Å². The Labute approximate surface area is 120 Å². The van der Waals surface area contributed by atoms with Crippen molar-refractivity contribution < 1.29 is 4.74 Å². The molecule has 1 aromatic heterocycles. The summed E-state index contributed by atoms with van der Waals surface area (Å²) in [6.07, 6.45) is 0. The zero-order chi connectivity index (χ0) is 13.1. The number of nitrogens with one attached hydrogen (secondary N) is 1. The van der Waals surface area contributed by atoms with E-state index >= 15 is 0 Å². The number of hydrogen-bond acceptors (Lipinski definition) is 3. The maximum absolute atomic E-state index is 6.22. The summed E-state index contributed by atoms with van der Waals surface area (Å²) in [7, 11) is 3.55. The molecule has 0 bridgehead atoms. The molecule has 2 rings (SSSR count). The average Bonchev–Trinajstić information content (AvgIpc) is 2.70. The van der Waals surface area contributed by atoms with Gasteiger partial charge in [-0.05, 0) is 19.2 Å². The molecule has 1 aromatic carbocycles. The summed E-state index contributed by atoms with van der Waals surface area (Å²) in [4.78, 5) is 0. The molecule has 96 valence electrons. The van der Waals surface area contributed by atoms with Crippen LogP contribution in [0.2, 0.25) is 8.67 Å². The Bertz CT molecular complexity index is 542. The van der Waals surface area contributed by atoms with Gasteiger partial charge < -0.3 is 10.1 Å². The van der Waals surface area contributed by atoms with E-state index in [4.69, 9.17) is 27.9 Å². The van der Waals surface area contributed by atoms with E-state index < -0.39 is 0 Å². The Morgan fingerprint density at radius 3 is 2.50 bits per heavy atom. The summed E-state index contributed by atoms with van der Waals surface area (Å²) in [5.41, 5.74) is 2.01. The summed E-state index contributed by atoms with van der Waals surface area (Å²) in [5.74, 6) is 0.829. The second-order valence-electron chi connectivity index (χ2n) is 3.74. The summed E-state index contributed by atoms with van der Waals surface area (Å²) >= 11 is 13.6. The lowest BCUT2D eigenvalue weighted by Crippen LogP contribution is -2.18. The van der Waals surface area contributed by atoms with Gasteiger partial charge in [-0.1, -0.05) is 41.4 Å². The topological polar surface area (TPSA) is 21.3 Å². The van der Waals surface area contributed by atoms with E-state index in [0.29, 0.717) is 8.67 Å². The highest BCUT2D eigenvalue weighted by molar-refractivity contribution is 7.20. The predicted octanol–water partition coefficient (Wildman–Crippen LogP) is 4.37. The van der Waals surface area contributed by atoms with E-state index in [1.54, 1.807) is 7.11 Å². The van der Waals surface area contributed by atoms with Crippen LogP contribution in [0.3, 0.4) is 0 Å². The molecule has 0 saturated carbocycles. The van der Waals surface area contributed by atoms with Gasteiger partial charge in [0.15, 0.2) is 0 Å². The van der Waals surface area contributed by atoms with Crippen molar-refractivity contribution in [2.75, 3.05) is 14.2 Å². The Hall–Kier alpha value is -0.740. The Kier molecular flexibility index (Phi) is 4.51. The molecule has 1 N–H and O–H groups in total. The van der Waals surface area contributed by atoms with Gasteiger partial charge in [-0.15, -0.1) is 11.3 Å². The Morgan fingerprint density at radius 2 is 1.94 bits per heavy atom. The monoisotopic (exact) mass is 301 g/mol. The van der Waals surface area contributed by atoms with Gasteiger partial charge in [-0.2, -0.15) is 0 Å².